The van der Waals surface area contributed by atoms with Crippen LogP contribution in [-0.4, -0.2) is 96.7 Å². The molecule has 5 atom stereocenters. The summed E-state index contributed by atoms with van der Waals surface area (Å²) in [7, 11) is -9.98. The molecule has 17 nitrogen and oxygen atoms in total. The lowest BCUT2D eigenvalue weighted by Crippen LogP contribution is -2.30. The summed E-state index contributed by atoms with van der Waals surface area (Å²) < 4.78 is 68.6. The summed E-state index contributed by atoms with van der Waals surface area (Å²) in [6.45, 7) is 4.55. The van der Waals surface area contributed by atoms with E-state index in [1.54, 1.807) is 0 Å². The lowest BCUT2D eigenvalue weighted by molar-refractivity contribution is -0.161. The van der Waals surface area contributed by atoms with E-state index in [4.69, 9.17) is 37.0 Å². The molecule has 0 fully saturated rings. The van der Waals surface area contributed by atoms with Crippen molar-refractivity contribution in [2.24, 2.45) is 0 Å². The smallest absolute Gasteiger partial charge is 0.462 e. The van der Waals surface area contributed by atoms with Gasteiger partial charge in [-0.3, -0.25) is 37.3 Å². The minimum Gasteiger partial charge on any atom is -0.462 e. The molecule has 0 aliphatic rings. The average molecular weight is 1500 g/mol. The molecule has 0 aromatic rings. The predicted octanol–water partition coefficient (Wildman–Crippen LogP) is 23.7. The number of aliphatic hydroxyl groups is 1. The van der Waals surface area contributed by atoms with Crippen molar-refractivity contribution < 1.29 is 80.2 Å². The van der Waals surface area contributed by atoms with Gasteiger partial charge in [-0.05, 0) is 135 Å². The van der Waals surface area contributed by atoms with Gasteiger partial charge in [0, 0.05) is 25.7 Å². The lowest BCUT2D eigenvalue weighted by atomic mass is 10.1. The molecule has 0 rings (SSSR count). The molecule has 596 valence electrons. The maximum atomic E-state index is 13.1. The maximum Gasteiger partial charge on any atom is 0.472 e. The van der Waals surface area contributed by atoms with Crippen LogP contribution in [0.3, 0.4) is 0 Å². The first kappa shape index (κ1) is 99.2. The van der Waals surface area contributed by atoms with Gasteiger partial charge < -0.3 is 33.8 Å². The first-order valence-electron chi connectivity index (χ1n) is 40.4. The van der Waals surface area contributed by atoms with Crippen LogP contribution in [0.15, 0.2) is 134 Å². The monoisotopic (exact) mass is 1500 g/mol. The Morgan fingerprint density at radius 3 is 0.827 bits per heavy atom. The number of hydrogen-bond donors (Lipinski definition) is 3. The van der Waals surface area contributed by atoms with Crippen LogP contribution >= 0.6 is 15.6 Å². The van der Waals surface area contributed by atoms with Crippen molar-refractivity contribution in [3.63, 3.8) is 0 Å². The minimum absolute atomic E-state index is 0.0685. The van der Waals surface area contributed by atoms with Gasteiger partial charge in [-0.15, -0.1) is 0 Å². The Labute approximate surface area is 631 Å². The summed E-state index contributed by atoms with van der Waals surface area (Å²) in [5.41, 5.74) is 0. The van der Waals surface area contributed by atoms with Crippen molar-refractivity contribution in [3.8, 4) is 0 Å². The van der Waals surface area contributed by atoms with Crippen molar-refractivity contribution in [1.29, 1.82) is 0 Å². The molecule has 0 aromatic carbocycles. The molecule has 3 N–H and O–H groups in total. The molecule has 104 heavy (non-hydrogen) atoms. The van der Waals surface area contributed by atoms with E-state index in [0.717, 1.165) is 180 Å². The number of allylic oxidation sites excluding steroid dienone is 22. The van der Waals surface area contributed by atoms with E-state index in [2.05, 4.69) is 149 Å². The zero-order valence-corrected chi connectivity index (χ0v) is 66.9. The van der Waals surface area contributed by atoms with Crippen LogP contribution in [0.25, 0.3) is 0 Å². The first-order chi connectivity index (χ1) is 50.7. The summed E-state index contributed by atoms with van der Waals surface area (Å²) in [5.74, 6) is -2.26. The molecule has 0 aliphatic heterocycles. The number of carbonyl (C=O) groups is 4. The molecule has 0 amide bonds. The van der Waals surface area contributed by atoms with Gasteiger partial charge in [0.15, 0.2) is 12.2 Å². The van der Waals surface area contributed by atoms with Crippen LogP contribution in [0.5, 0.6) is 0 Å². The first-order valence-corrected chi connectivity index (χ1v) is 43.4. The van der Waals surface area contributed by atoms with E-state index in [-0.39, 0.29) is 25.7 Å². The summed E-state index contributed by atoms with van der Waals surface area (Å²) in [6.07, 6.45) is 85.8. The Kier molecular flexibility index (Phi) is 72.9. The van der Waals surface area contributed by atoms with E-state index in [0.29, 0.717) is 32.1 Å². The van der Waals surface area contributed by atoms with Crippen LogP contribution in [-0.2, 0) is 65.4 Å². The van der Waals surface area contributed by atoms with Crippen LogP contribution in [0.1, 0.15) is 323 Å². The van der Waals surface area contributed by atoms with Gasteiger partial charge in [0.05, 0.1) is 26.4 Å². The van der Waals surface area contributed by atoms with Crippen LogP contribution < -0.4 is 0 Å². The highest BCUT2D eigenvalue weighted by molar-refractivity contribution is 7.47. The van der Waals surface area contributed by atoms with Gasteiger partial charge in [0.25, 0.3) is 0 Å². The molecule has 0 spiro atoms. The molecular formula is C85H144O17P2. The second-order valence-electron chi connectivity index (χ2n) is 26.6. The summed E-state index contributed by atoms with van der Waals surface area (Å²) in [4.78, 5) is 73.0. The van der Waals surface area contributed by atoms with Crippen molar-refractivity contribution >= 4 is 39.5 Å². The van der Waals surface area contributed by atoms with Crippen molar-refractivity contribution in [2.75, 3.05) is 39.6 Å². The Morgan fingerprint density at radius 1 is 0.279 bits per heavy atom. The van der Waals surface area contributed by atoms with Crippen LogP contribution in [0.2, 0.25) is 0 Å². The Balaban J connectivity index is 5.38. The highest BCUT2D eigenvalue weighted by Gasteiger charge is 2.30. The van der Waals surface area contributed by atoms with E-state index in [9.17, 15) is 43.2 Å². The lowest BCUT2D eigenvalue weighted by Gasteiger charge is -2.21. The van der Waals surface area contributed by atoms with Crippen molar-refractivity contribution in [2.45, 2.75) is 341 Å². The Hall–Kier alpha value is -4.80. The van der Waals surface area contributed by atoms with E-state index < -0.39 is 97.5 Å². The fraction of sp³-hybridized carbons (Fsp3) is 0.694. The SMILES string of the molecule is CC/C=C\C/C=C\C/C=C\C/C=C\C/C=C\CCCC(=O)OCC(COP(=O)(O)OCC(O)COP(=O)(O)OCC(COC(=O)CCCCCCCC/C=C\C/C=C\C/C=C\CCCCC)OC(=O)CCCCCCCCCCCCC)OC(=O)CCCCCCCCC/C=C\C/C=C\C/C=C\CC. The number of phosphoric acid groups is 2. The molecule has 0 bridgehead atoms. The van der Waals surface area contributed by atoms with Gasteiger partial charge >= 0.3 is 39.5 Å². The quantitative estimate of drug-likeness (QED) is 0.0169. The number of ether oxygens (including phenoxy) is 4. The Morgan fingerprint density at radius 2 is 0.510 bits per heavy atom. The molecule has 0 heterocycles. The topological polar surface area (TPSA) is 237 Å². The van der Waals surface area contributed by atoms with Gasteiger partial charge in [-0.25, -0.2) is 9.13 Å². The predicted molar refractivity (Wildman–Crippen MR) is 427 cm³/mol. The molecule has 0 radical (unpaired) electrons. The third-order valence-corrected chi connectivity index (χ3v) is 18.5. The van der Waals surface area contributed by atoms with E-state index in [1.807, 2.05) is 12.2 Å². The number of hydrogen-bond acceptors (Lipinski definition) is 15. The number of esters is 4. The Bertz CT molecular complexity index is 2490. The van der Waals surface area contributed by atoms with Crippen molar-refractivity contribution in [3.05, 3.63) is 134 Å². The molecular weight excluding hydrogens is 1350 g/mol. The zero-order chi connectivity index (χ0) is 76.0. The molecule has 0 aliphatic carbocycles. The summed E-state index contributed by atoms with van der Waals surface area (Å²) in [5, 5.41) is 10.6. The van der Waals surface area contributed by atoms with Gasteiger partial charge in [-0.2, -0.15) is 0 Å². The third kappa shape index (κ3) is 75.4. The van der Waals surface area contributed by atoms with E-state index >= 15 is 0 Å². The van der Waals surface area contributed by atoms with Gasteiger partial charge in [0.2, 0.25) is 0 Å². The van der Waals surface area contributed by atoms with Crippen LogP contribution in [0, 0.1) is 0 Å². The second-order valence-corrected chi connectivity index (χ2v) is 29.5. The maximum absolute atomic E-state index is 13.1. The van der Waals surface area contributed by atoms with Gasteiger partial charge in [0.1, 0.15) is 19.3 Å². The highest BCUT2D eigenvalue weighted by Crippen LogP contribution is 2.45. The number of carbonyl (C=O) groups excluding carboxylic acids is 4. The van der Waals surface area contributed by atoms with Crippen molar-refractivity contribution in [1.82, 2.24) is 0 Å². The molecule has 0 saturated carbocycles. The molecule has 19 heteroatoms. The second kappa shape index (κ2) is 76.4. The fourth-order valence-corrected chi connectivity index (χ4v) is 12.1. The van der Waals surface area contributed by atoms with E-state index in [1.165, 1.54) is 57.8 Å². The van der Waals surface area contributed by atoms with Gasteiger partial charge in [-0.1, -0.05) is 296 Å². The summed E-state index contributed by atoms with van der Waals surface area (Å²) in [6, 6.07) is 0. The molecule has 5 unspecified atom stereocenters. The fourth-order valence-electron chi connectivity index (χ4n) is 10.5. The van der Waals surface area contributed by atoms with Crippen LogP contribution in [0.4, 0.5) is 0 Å². The number of phosphoric ester groups is 2. The standard InChI is InChI=1S/C85H144O17P2/c1-5-9-13-17-21-25-29-32-35-38-39-42-44-47-51-54-58-62-66-70-82(87)95-75-80(101-84(89)71-67-63-59-55-49-28-24-20-16-12-8-4)77-99-103(91,92)97-73-79(86)74-98-104(93,94)100-78-81(102-85(90)72-68-64-60-56-52-48-45-41-37-34-31-27-23-19-15-11-7-3)76-96-83(88)69-65-61-57-53-50-46-43-40-36-33-30-26-22-18-14-10-6-2/h10-11,14-15,21-23,25-27,32-37,39,42-43,46,53,57,79-81,86H,5-9,12-13,16-20,24,28-31,38,40-41,44-45,47-52,54-56,58-78H2,1-4H3,(H,91,92)(H,93,94)/b14-10-,15-11-,25-21-,26-22-,27-23-,35-32-,36-33-,37-34-,42-39-,46-43-,57-53-. The third-order valence-electron chi connectivity index (χ3n) is 16.6. The summed E-state index contributed by atoms with van der Waals surface area (Å²) >= 11 is 0. The highest BCUT2D eigenvalue weighted by atomic mass is 31.2. The average Bonchev–Trinajstić information content (AvgIpc) is 0.930. The molecule has 0 aromatic heterocycles. The number of unbranched alkanes of at least 4 members (excludes halogenated alkanes) is 27. The number of aliphatic hydroxyl groups excluding tert-OH is 1. The normalized spacial score (nSPS) is 14.6. The minimum atomic E-state index is -5.00. The largest absolute Gasteiger partial charge is 0.472 e. The number of rotatable bonds is 75. The molecule has 0 saturated heterocycles. The zero-order valence-electron chi connectivity index (χ0n) is 65.2.